The minimum atomic E-state index is -1.70. The van der Waals surface area contributed by atoms with E-state index < -0.39 is 72.1 Å². The number of unbranched alkanes of at least 4 members (excludes halogenated alkanes) is 1. The van der Waals surface area contributed by atoms with Gasteiger partial charge in [-0.1, -0.05) is 49.2 Å². The summed E-state index contributed by atoms with van der Waals surface area (Å²) in [4.78, 5) is 78.6. The summed E-state index contributed by atoms with van der Waals surface area (Å²) in [5, 5.41) is 23.4. The Balaban J connectivity index is 1.60. The predicted octanol–water partition coefficient (Wildman–Crippen LogP) is -0.0241. The van der Waals surface area contributed by atoms with Crippen molar-refractivity contribution in [3.05, 3.63) is 59.1 Å². The molecule has 12 N–H and O–H groups in total. The van der Waals surface area contributed by atoms with Crippen LogP contribution in [0.5, 0.6) is 0 Å². The van der Waals surface area contributed by atoms with Crippen LogP contribution in [-0.2, 0) is 28.7 Å². The summed E-state index contributed by atoms with van der Waals surface area (Å²) in [6, 6.07) is 9.08. The molecule has 8 atom stereocenters. The van der Waals surface area contributed by atoms with Gasteiger partial charge >= 0.3 is 0 Å². The van der Waals surface area contributed by atoms with Gasteiger partial charge in [0.05, 0.1) is 18.2 Å². The van der Waals surface area contributed by atoms with E-state index in [1.54, 1.807) is 36.4 Å². The summed E-state index contributed by atoms with van der Waals surface area (Å²) in [6.45, 7) is 5.11. The van der Waals surface area contributed by atoms with Crippen molar-refractivity contribution in [2.45, 2.75) is 108 Å². The molecule has 2 aromatic rings. The molecule has 1 saturated heterocycles. The zero-order valence-electron chi connectivity index (χ0n) is 30.8. The van der Waals surface area contributed by atoms with E-state index in [2.05, 4.69) is 26.6 Å². The minimum absolute atomic E-state index is 0.00131. The van der Waals surface area contributed by atoms with E-state index in [1.165, 1.54) is 13.8 Å². The van der Waals surface area contributed by atoms with Crippen LogP contribution < -0.4 is 43.8 Å². The number of ether oxygens (including phenoxy) is 1. The molecule has 16 nitrogen and oxygen atoms in total. The largest absolute Gasteiger partial charge is 0.391 e. The van der Waals surface area contributed by atoms with Gasteiger partial charge in [0.2, 0.25) is 17.7 Å². The molecular weight excluding hydrogens is 720 g/mol. The number of nitrogens with one attached hydrogen (secondary N) is 5. The molecule has 2 unspecified atom stereocenters. The fourth-order valence-corrected chi connectivity index (χ4v) is 5.78. The molecule has 1 fully saturated rings. The Labute approximate surface area is 320 Å². The normalized spacial score (nSPS) is 18.1. The minimum Gasteiger partial charge on any atom is -0.391 e. The first kappa shape index (κ1) is 44.0. The third kappa shape index (κ3) is 13.1. The van der Waals surface area contributed by atoms with Gasteiger partial charge in [-0.2, -0.15) is 0 Å². The van der Waals surface area contributed by atoms with Crippen molar-refractivity contribution < 1.29 is 38.6 Å². The van der Waals surface area contributed by atoms with E-state index >= 15 is 0 Å². The number of rotatable bonds is 22. The number of carbonyl (C=O) groups excluding carboxylic acids is 6. The molecule has 1 aliphatic rings. The number of carbonyl (C=O) groups is 6. The molecule has 3 rings (SSSR count). The number of benzene rings is 2. The number of amides is 5. The van der Waals surface area contributed by atoms with Crippen LogP contribution in [0.1, 0.15) is 69.7 Å². The number of ketones is 1. The highest BCUT2D eigenvalue weighted by Gasteiger charge is 2.46. The molecule has 54 heavy (non-hydrogen) atoms. The van der Waals surface area contributed by atoms with Crippen molar-refractivity contribution in [2.75, 3.05) is 13.1 Å². The molecule has 0 spiro atoms. The first-order chi connectivity index (χ1) is 25.7. The van der Waals surface area contributed by atoms with Gasteiger partial charge in [-0.05, 0) is 94.4 Å². The number of epoxide rings is 1. The highest BCUT2D eigenvalue weighted by molar-refractivity contribution is 6.30. The van der Waals surface area contributed by atoms with E-state index in [0.29, 0.717) is 24.4 Å². The van der Waals surface area contributed by atoms with Crippen LogP contribution in [0.25, 0.3) is 11.1 Å². The average Bonchev–Trinajstić information content (AvgIpc) is 3.92. The number of hydrogen-bond acceptors (Lipinski definition) is 11. The predicted molar refractivity (Wildman–Crippen MR) is 203 cm³/mol. The van der Waals surface area contributed by atoms with E-state index in [-0.39, 0.29) is 36.8 Å². The van der Waals surface area contributed by atoms with Crippen LogP contribution >= 0.6 is 11.6 Å². The zero-order valence-corrected chi connectivity index (χ0v) is 31.6. The summed E-state index contributed by atoms with van der Waals surface area (Å²) in [6.07, 6.45) is -1.15. The summed E-state index contributed by atoms with van der Waals surface area (Å²) in [7, 11) is 0. The molecule has 0 aromatic heterocycles. The summed E-state index contributed by atoms with van der Waals surface area (Å²) >= 11 is 5.97. The molecule has 2 aromatic carbocycles. The lowest BCUT2D eigenvalue weighted by Crippen LogP contribution is -2.63. The molecule has 0 saturated carbocycles. The highest BCUT2D eigenvalue weighted by Crippen LogP contribution is 2.28. The molecule has 1 aliphatic heterocycles. The zero-order chi connectivity index (χ0) is 39.9. The van der Waals surface area contributed by atoms with E-state index in [1.807, 2.05) is 19.1 Å². The van der Waals surface area contributed by atoms with Crippen molar-refractivity contribution >= 4 is 46.9 Å². The summed E-state index contributed by atoms with van der Waals surface area (Å²) in [5.41, 5.74) is 19.3. The molecule has 0 radical (unpaired) electrons. The number of halogens is 1. The van der Waals surface area contributed by atoms with Gasteiger partial charge < -0.3 is 53.6 Å². The maximum atomic E-state index is 13.3. The second-order valence-corrected chi connectivity index (χ2v) is 13.7. The number of Topliss-reactive ketones (excluding diaryl/α,β-unsaturated/α-hetero) is 1. The van der Waals surface area contributed by atoms with Crippen molar-refractivity contribution in [2.24, 2.45) is 17.2 Å². The third-order valence-corrected chi connectivity index (χ3v) is 9.10. The second kappa shape index (κ2) is 21.4. The molecule has 17 heteroatoms. The van der Waals surface area contributed by atoms with Gasteiger partial charge in [-0.3, -0.25) is 28.8 Å². The Morgan fingerprint density at radius 2 is 1.35 bits per heavy atom. The second-order valence-electron chi connectivity index (χ2n) is 13.3. The Kier molecular flexibility index (Phi) is 17.5. The van der Waals surface area contributed by atoms with Gasteiger partial charge in [0.25, 0.3) is 11.8 Å². The average molecular weight is 773 g/mol. The van der Waals surface area contributed by atoms with Crippen LogP contribution in [0.3, 0.4) is 0 Å². The molecule has 296 valence electrons. The molecule has 0 aliphatic carbocycles. The van der Waals surface area contributed by atoms with Gasteiger partial charge in [-0.15, -0.1) is 0 Å². The smallest absolute Gasteiger partial charge is 0.258 e. The van der Waals surface area contributed by atoms with Crippen LogP contribution in [0.4, 0.5) is 0 Å². The summed E-state index contributed by atoms with van der Waals surface area (Å²) in [5.74, 6) is -4.24. The molecular formula is C37H53ClN8O8. The van der Waals surface area contributed by atoms with Crippen LogP contribution in [-0.4, -0.2) is 102 Å². The van der Waals surface area contributed by atoms with Crippen molar-refractivity contribution in [3.8, 4) is 11.1 Å². The maximum absolute atomic E-state index is 13.3. The van der Waals surface area contributed by atoms with Crippen molar-refractivity contribution in [3.63, 3.8) is 0 Å². The molecule has 5 amide bonds. The van der Waals surface area contributed by atoms with E-state index in [0.717, 1.165) is 24.0 Å². The lowest BCUT2D eigenvalue weighted by molar-refractivity contribution is -0.136. The molecule has 1 heterocycles. The number of aliphatic hydroxyl groups excluding tert-OH is 1. The standard InChI is InChI=1S/C37H53ClN8O8/c1-4-7-28-31(54-28)30(48)20(2)42-34(50)26(8-5-6-18-39)44-37(53)32(41)46-36(52)29(21(3)47)45-35(51)27(17-19-40)43-33(49)24-11-9-22(10-12-24)23-13-15-25(38)16-14-23/h9-16,20-21,26-29,31-32,47H,4-8,17-19,39-41H2,1-3H3,(H,42,50)(H,43,49)(H,44,53)(H,45,51)(H,46,52)/t20-,21+,26-,27-,28?,29-,31?,32+/m0/s1. The van der Waals surface area contributed by atoms with Crippen molar-refractivity contribution in [1.29, 1.82) is 0 Å². The Morgan fingerprint density at radius 1 is 0.759 bits per heavy atom. The first-order valence-corrected chi connectivity index (χ1v) is 18.5. The fraction of sp³-hybridized carbons (Fsp3) is 0.514. The van der Waals surface area contributed by atoms with Gasteiger partial charge in [0.15, 0.2) is 11.9 Å². The number of aliphatic hydroxyl groups is 1. The lowest BCUT2D eigenvalue weighted by atomic mass is 10.0. The first-order valence-electron chi connectivity index (χ1n) is 18.1. The number of nitrogens with two attached hydrogens (primary N) is 3. The number of hydrogen-bond donors (Lipinski definition) is 9. The van der Waals surface area contributed by atoms with Gasteiger partial charge in [0.1, 0.15) is 24.2 Å². The highest BCUT2D eigenvalue weighted by atomic mass is 35.5. The van der Waals surface area contributed by atoms with E-state index in [9.17, 15) is 33.9 Å². The quantitative estimate of drug-likeness (QED) is 0.0436. The van der Waals surface area contributed by atoms with Crippen LogP contribution in [0, 0.1) is 0 Å². The van der Waals surface area contributed by atoms with Gasteiger partial charge in [-0.25, -0.2) is 0 Å². The van der Waals surface area contributed by atoms with Crippen molar-refractivity contribution in [1.82, 2.24) is 26.6 Å². The summed E-state index contributed by atoms with van der Waals surface area (Å²) < 4.78 is 5.42. The topological polar surface area (TPSA) is 273 Å². The maximum Gasteiger partial charge on any atom is 0.258 e. The third-order valence-electron chi connectivity index (χ3n) is 8.85. The SMILES string of the molecule is CCCC1OC1C(=O)[C@H](C)NC(=O)[C@H](CCCCN)NC(=O)[C@H](N)NC(=O)[C@@H](NC(=O)[C@H](CCN)NC(=O)c1ccc(-c2ccc(Cl)cc2)cc1)[C@@H](C)O. The van der Waals surface area contributed by atoms with E-state index in [4.69, 9.17) is 33.5 Å². The fourth-order valence-electron chi connectivity index (χ4n) is 5.65. The van der Waals surface area contributed by atoms with Gasteiger partial charge in [0, 0.05) is 10.6 Å². The Hall–Kier alpha value is -4.45. The molecule has 0 bridgehead atoms. The lowest BCUT2D eigenvalue weighted by Gasteiger charge is -2.26. The Bertz CT molecular complexity index is 1590. The van der Waals surface area contributed by atoms with Crippen LogP contribution in [0.2, 0.25) is 5.02 Å². The van der Waals surface area contributed by atoms with Crippen LogP contribution in [0.15, 0.2) is 48.5 Å². The Morgan fingerprint density at radius 3 is 1.93 bits per heavy atom. The monoisotopic (exact) mass is 772 g/mol.